The SMILES string of the molecule is CN1/C(=C/C=C2\Sc3ccccc3C2=O)C(C)(C)c2sc3ccccc3c21. The van der Waals surface area contributed by atoms with Crippen LogP contribution in [-0.2, 0) is 5.41 Å². The normalized spacial score (nSPS) is 20.7. The van der Waals surface area contributed by atoms with Crippen LogP contribution < -0.4 is 4.90 Å². The van der Waals surface area contributed by atoms with Gasteiger partial charge < -0.3 is 4.90 Å². The number of thiophene rings is 1. The monoisotopic (exact) mass is 389 g/mol. The molecule has 0 atom stereocenters. The summed E-state index contributed by atoms with van der Waals surface area (Å²) in [5.41, 5.74) is 3.27. The van der Waals surface area contributed by atoms with Gasteiger partial charge in [0.1, 0.15) is 0 Å². The number of rotatable bonds is 1. The first kappa shape index (κ1) is 16.8. The Morgan fingerprint density at radius 2 is 1.74 bits per heavy atom. The highest BCUT2D eigenvalue weighted by atomic mass is 32.2. The first-order chi connectivity index (χ1) is 13.0. The van der Waals surface area contributed by atoms with Crippen molar-refractivity contribution in [1.82, 2.24) is 0 Å². The van der Waals surface area contributed by atoms with Gasteiger partial charge in [-0.05, 0) is 44.2 Å². The highest BCUT2D eigenvalue weighted by Crippen LogP contribution is 2.54. The second-order valence-corrected chi connectivity index (χ2v) is 9.61. The number of likely N-dealkylation sites (N-methyl/N-ethyl adjacent to an activating group) is 1. The summed E-state index contributed by atoms with van der Waals surface area (Å²) < 4.78 is 1.33. The number of allylic oxidation sites excluding steroid dienone is 4. The lowest BCUT2D eigenvalue weighted by atomic mass is 9.89. The van der Waals surface area contributed by atoms with Crippen LogP contribution in [-0.4, -0.2) is 12.8 Å². The Hall–Kier alpha value is -2.30. The van der Waals surface area contributed by atoms with E-state index in [2.05, 4.69) is 56.1 Å². The van der Waals surface area contributed by atoms with Gasteiger partial charge in [-0.25, -0.2) is 0 Å². The summed E-state index contributed by atoms with van der Waals surface area (Å²) in [5, 5.41) is 1.31. The average molecular weight is 390 g/mol. The minimum absolute atomic E-state index is 0.0794. The first-order valence-corrected chi connectivity index (χ1v) is 10.6. The Kier molecular flexibility index (Phi) is 3.65. The fourth-order valence-corrected chi connectivity index (χ4v) is 6.41. The Bertz CT molecular complexity index is 1170. The molecule has 0 radical (unpaired) electrons. The van der Waals surface area contributed by atoms with Crippen LogP contribution in [0.5, 0.6) is 0 Å². The molecule has 0 aliphatic carbocycles. The molecular formula is C23H19NOS2. The van der Waals surface area contributed by atoms with Crippen LogP contribution in [0.25, 0.3) is 10.1 Å². The zero-order chi connectivity index (χ0) is 18.8. The molecule has 4 heteroatoms. The van der Waals surface area contributed by atoms with Crippen LogP contribution in [0.3, 0.4) is 0 Å². The first-order valence-electron chi connectivity index (χ1n) is 8.98. The van der Waals surface area contributed by atoms with Gasteiger partial charge in [0.15, 0.2) is 0 Å². The average Bonchev–Trinajstić information content (AvgIpc) is 3.26. The maximum Gasteiger partial charge on any atom is 0.200 e. The van der Waals surface area contributed by atoms with E-state index in [4.69, 9.17) is 0 Å². The van der Waals surface area contributed by atoms with E-state index >= 15 is 0 Å². The number of fused-ring (bicyclic) bond motifs is 4. The van der Waals surface area contributed by atoms with Crippen molar-refractivity contribution in [2.45, 2.75) is 24.2 Å². The molecule has 2 nitrogen and oxygen atoms in total. The van der Waals surface area contributed by atoms with E-state index in [1.807, 2.05) is 41.7 Å². The van der Waals surface area contributed by atoms with E-state index in [0.717, 1.165) is 15.4 Å². The molecule has 0 bridgehead atoms. The molecule has 0 fully saturated rings. The van der Waals surface area contributed by atoms with Crippen molar-refractivity contribution in [2.75, 3.05) is 11.9 Å². The van der Waals surface area contributed by atoms with E-state index in [1.165, 1.54) is 26.3 Å². The second kappa shape index (κ2) is 5.85. The quantitative estimate of drug-likeness (QED) is 0.450. The number of thioether (sulfide) groups is 1. The zero-order valence-corrected chi connectivity index (χ0v) is 17.1. The van der Waals surface area contributed by atoms with Crippen LogP contribution in [0.15, 0.2) is 76.2 Å². The van der Waals surface area contributed by atoms with Crippen LogP contribution in [0.2, 0.25) is 0 Å². The fraction of sp³-hybridized carbons (Fsp3) is 0.174. The Morgan fingerprint density at radius 3 is 2.56 bits per heavy atom. The molecule has 3 aromatic rings. The summed E-state index contributed by atoms with van der Waals surface area (Å²) >= 11 is 3.44. The Morgan fingerprint density at radius 1 is 1.00 bits per heavy atom. The summed E-state index contributed by atoms with van der Waals surface area (Å²) in [6, 6.07) is 16.4. The van der Waals surface area contributed by atoms with Crippen LogP contribution in [0.4, 0.5) is 5.69 Å². The van der Waals surface area contributed by atoms with E-state index in [1.54, 1.807) is 11.8 Å². The number of ketones is 1. The largest absolute Gasteiger partial charge is 0.346 e. The molecule has 2 aliphatic heterocycles. The number of hydrogen-bond donors (Lipinski definition) is 0. The van der Waals surface area contributed by atoms with Crippen LogP contribution in [0, 0.1) is 0 Å². The molecule has 0 saturated carbocycles. The lowest BCUT2D eigenvalue weighted by Gasteiger charge is -2.24. The molecule has 0 amide bonds. The molecule has 0 spiro atoms. The van der Waals surface area contributed by atoms with Crippen molar-refractivity contribution in [2.24, 2.45) is 0 Å². The molecular weight excluding hydrogens is 370 g/mol. The van der Waals surface area contributed by atoms with Gasteiger partial charge in [-0.2, -0.15) is 0 Å². The number of Topliss-reactive ketones (excluding diaryl/α,β-unsaturated/α-hetero) is 1. The van der Waals surface area contributed by atoms with Gasteiger partial charge in [0.25, 0.3) is 0 Å². The molecule has 134 valence electrons. The number of anilines is 1. The Labute approximate surface area is 167 Å². The standard InChI is InChI=1S/C23H19NOS2/c1-23(2)19(13-12-18-21(25)15-9-5-7-11-17(15)26-18)24(3)20-14-8-4-6-10-16(14)27-22(20)23/h4-13H,1-3H3/b18-12-,19-13+. The van der Waals surface area contributed by atoms with Crippen molar-refractivity contribution in [3.63, 3.8) is 0 Å². The van der Waals surface area contributed by atoms with Gasteiger partial charge >= 0.3 is 0 Å². The van der Waals surface area contributed by atoms with Gasteiger partial charge in [0.05, 0.1) is 10.6 Å². The third-order valence-electron chi connectivity index (χ3n) is 5.44. The summed E-state index contributed by atoms with van der Waals surface area (Å²) in [4.78, 5) is 18.2. The molecule has 5 rings (SSSR count). The van der Waals surface area contributed by atoms with E-state index in [0.29, 0.717) is 0 Å². The zero-order valence-electron chi connectivity index (χ0n) is 15.4. The summed E-state index contributed by atoms with van der Waals surface area (Å²) in [6.07, 6.45) is 4.13. The van der Waals surface area contributed by atoms with Gasteiger partial charge in [-0.15, -0.1) is 11.3 Å². The van der Waals surface area contributed by atoms with Crippen molar-refractivity contribution < 1.29 is 4.79 Å². The molecule has 0 N–H and O–H groups in total. The molecule has 27 heavy (non-hydrogen) atoms. The maximum atomic E-state index is 12.7. The Balaban J connectivity index is 1.57. The van der Waals surface area contributed by atoms with Crippen molar-refractivity contribution in [3.05, 3.63) is 81.7 Å². The predicted molar refractivity (Wildman–Crippen MR) is 116 cm³/mol. The van der Waals surface area contributed by atoms with Crippen molar-refractivity contribution >= 4 is 44.7 Å². The highest BCUT2D eigenvalue weighted by molar-refractivity contribution is 8.04. The van der Waals surface area contributed by atoms with Crippen LogP contribution in [0.1, 0.15) is 29.1 Å². The number of carbonyl (C=O) groups is 1. The lowest BCUT2D eigenvalue weighted by molar-refractivity contribution is 0.104. The van der Waals surface area contributed by atoms with E-state index in [-0.39, 0.29) is 11.2 Å². The minimum atomic E-state index is -0.0794. The second-order valence-electron chi connectivity index (χ2n) is 7.47. The minimum Gasteiger partial charge on any atom is -0.346 e. The lowest BCUT2D eigenvalue weighted by Crippen LogP contribution is -2.22. The summed E-state index contributed by atoms with van der Waals surface area (Å²) in [7, 11) is 2.13. The van der Waals surface area contributed by atoms with E-state index < -0.39 is 0 Å². The van der Waals surface area contributed by atoms with Gasteiger partial charge in [-0.3, -0.25) is 4.79 Å². The summed E-state index contributed by atoms with van der Waals surface area (Å²) in [6.45, 7) is 4.54. The smallest absolute Gasteiger partial charge is 0.200 e. The predicted octanol–water partition coefficient (Wildman–Crippen LogP) is 6.39. The van der Waals surface area contributed by atoms with Crippen molar-refractivity contribution in [3.8, 4) is 0 Å². The third-order valence-corrected chi connectivity index (χ3v) is 8.04. The molecule has 3 heterocycles. The van der Waals surface area contributed by atoms with Gasteiger partial charge in [0.2, 0.25) is 5.78 Å². The number of hydrogen-bond acceptors (Lipinski definition) is 4. The maximum absolute atomic E-state index is 12.7. The van der Waals surface area contributed by atoms with Gasteiger partial charge in [-0.1, -0.05) is 42.1 Å². The number of benzene rings is 2. The molecule has 1 aromatic heterocycles. The fourth-order valence-electron chi connectivity index (χ4n) is 4.07. The van der Waals surface area contributed by atoms with Crippen molar-refractivity contribution in [1.29, 1.82) is 0 Å². The molecule has 2 aromatic carbocycles. The number of carbonyl (C=O) groups excluding carboxylic acids is 1. The molecule has 0 unspecified atom stereocenters. The van der Waals surface area contributed by atoms with E-state index in [9.17, 15) is 4.79 Å². The highest BCUT2D eigenvalue weighted by Gasteiger charge is 2.41. The molecule has 2 aliphatic rings. The van der Waals surface area contributed by atoms with Gasteiger partial charge in [0, 0.05) is 43.6 Å². The summed E-state index contributed by atoms with van der Waals surface area (Å²) in [5.74, 6) is 0.131. The van der Waals surface area contributed by atoms with Crippen LogP contribution >= 0.6 is 23.1 Å². The third kappa shape index (κ3) is 2.36. The topological polar surface area (TPSA) is 20.3 Å². The number of nitrogens with zero attached hydrogens (tertiary/aromatic N) is 1. The molecule has 0 saturated heterocycles.